The number of rotatable bonds is 4. The maximum absolute atomic E-state index is 3.76. The third-order valence-electron chi connectivity index (χ3n) is 4.22. The van der Waals surface area contributed by atoms with Gasteiger partial charge in [-0.3, -0.25) is 0 Å². The molecule has 1 aromatic carbocycles. The van der Waals surface area contributed by atoms with E-state index < -0.39 is 0 Å². The summed E-state index contributed by atoms with van der Waals surface area (Å²) >= 11 is 1.80. The van der Waals surface area contributed by atoms with Gasteiger partial charge in [-0.05, 0) is 42.2 Å². The normalized spacial score (nSPS) is 22.9. The molecule has 2 rings (SSSR count). The van der Waals surface area contributed by atoms with Crippen LogP contribution in [0.4, 0.5) is 0 Å². The van der Waals surface area contributed by atoms with Crippen LogP contribution < -0.4 is 5.32 Å². The summed E-state index contributed by atoms with van der Waals surface area (Å²) in [6, 6.07) is 9.59. The van der Waals surface area contributed by atoms with Crippen LogP contribution >= 0.6 is 11.8 Å². The van der Waals surface area contributed by atoms with Gasteiger partial charge < -0.3 is 5.32 Å². The van der Waals surface area contributed by atoms with Crippen LogP contribution in [0.15, 0.2) is 29.2 Å². The summed E-state index contributed by atoms with van der Waals surface area (Å²) in [5.41, 5.74) is 1.85. The van der Waals surface area contributed by atoms with Crippen molar-refractivity contribution in [2.45, 2.75) is 57.0 Å². The SMILES string of the molecule is CSc1ccc(CNC2CCCCC2(C)C)cc1. The van der Waals surface area contributed by atoms with Gasteiger partial charge in [-0.15, -0.1) is 11.8 Å². The van der Waals surface area contributed by atoms with Crippen LogP contribution in [0.3, 0.4) is 0 Å². The lowest BCUT2D eigenvalue weighted by Gasteiger charge is -2.39. The van der Waals surface area contributed by atoms with Crippen molar-refractivity contribution in [1.29, 1.82) is 0 Å². The van der Waals surface area contributed by atoms with Crippen molar-refractivity contribution in [2.24, 2.45) is 5.41 Å². The zero-order valence-corrected chi connectivity index (χ0v) is 12.6. The lowest BCUT2D eigenvalue weighted by Crippen LogP contribution is -2.43. The Kier molecular flexibility index (Phi) is 4.74. The fraction of sp³-hybridized carbons (Fsp3) is 0.625. The topological polar surface area (TPSA) is 12.0 Å². The summed E-state index contributed by atoms with van der Waals surface area (Å²) in [5.74, 6) is 0. The lowest BCUT2D eigenvalue weighted by atomic mass is 9.73. The van der Waals surface area contributed by atoms with Gasteiger partial charge in [0, 0.05) is 17.5 Å². The molecule has 0 radical (unpaired) electrons. The van der Waals surface area contributed by atoms with Crippen molar-refractivity contribution in [1.82, 2.24) is 5.32 Å². The van der Waals surface area contributed by atoms with Gasteiger partial charge in [0.15, 0.2) is 0 Å². The largest absolute Gasteiger partial charge is 0.309 e. The summed E-state index contributed by atoms with van der Waals surface area (Å²) in [5, 5.41) is 3.76. The summed E-state index contributed by atoms with van der Waals surface area (Å²) in [6.45, 7) is 5.81. The predicted molar refractivity (Wildman–Crippen MR) is 81.1 cm³/mol. The Hall–Kier alpha value is -0.470. The van der Waals surface area contributed by atoms with Crippen molar-refractivity contribution >= 4 is 11.8 Å². The van der Waals surface area contributed by atoms with E-state index in [4.69, 9.17) is 0 Å². The fourth-order valence-electron chi connectivity index (χ4n) is 2.86. The molecule has 1 fully saturated rings. The zero-order chi connectivity index (χ0) is 13.0. The Balaban J connectivity index is 1.90. The first-order valence-corrected chi connectivity index (χ1v) is 8.20. The van der Waals surface area contributed by atoms with Crippen LogP contribution in [0.2, 0.25) is 0 Å². The van der Waals surface area contributed by atoms with Crippen LogP contribution in [0.1, 0.15) is 45.1 Å². The molecule has 0 saturated heterocycles. The molecule has 2 heteroatoms. The molecular weight excluding hydrogens is 238 g/mol. The number of nitrogens with one attached hydrogen (secondary N) is 1. The highest BCUT2D eigenvalue weighted by Gasteiger charge is 2.31. The van der Waals surface area contributed by atoms with Crippen LogP contribution in [-0.2, 0) is 6.54 Å². The number of thioether (sulfide) groups is 1. The van der Waals surface area contributed by atoms with Gasteiger partial charge in [0.05, 0.1) is 0 Å². The first-order chi connectivity index (χ1) is 8.62. The molecule has 1 atom stereocenters. The molecule has 1 saturated carbocycles. The first kappa shape index (κ1) is 14.0. The molecule has 1 aliphatic carbocycles. The monoisotopic (exact) mass is 263 g/mol. The number of hydrogen-bond donors (Lipinski definition) is 1. The number of hydrogen-bond acceptors (Lipinski definition) is 2. The van der Waals surface area contributed by atoms with E-state index in [0.717, 1.165) is 6.54 Å². The molecule has 0 amide bonds. The Bertz CT molecular complexity index is 369. The molecule has 0 aliphatic heterocycles. The second-order valence-electron chi connectivity index (χ2n) is 6.02. The highest BCUT2D eigenvalue weighted by molar-refractivity contribution is 7.98. The minimum Gasteiger partial charge on any atom is -0.309 e. The Morgan fingerprint density at radius 1 is 1.22 bits per heavy atom. The maximum Gasteiger partial charge on any atom is 0.0208 e. The smallest absolute Gasteiger partial charge is 0.0208 e. The van der Waals surface area contributed by atoms with E-state index in [1.54, 1.807) is 11.8 Å². The van der Waals surface area contributed by atoms with Gasteiger partial charge in [0.2, 0.25) is 0 Å². The van der Waals surface area contributed by atoms with Crippen molar-refractivity contribution in [3.63, 3.8) is 0 Å². The second kappa shape index (κ2) is 6.12. The standard InChI is InChI=1S/C16H25NS/c1-16(2)11-5-4-6-15(16)17-12-13-7-9-14(18-3)10-8-13/h7-10,15,17H,4-6,11-12H2,1-3H3. The molecule has 0 heterocycles. The summed E-state index contributed by atoms with van der Waals surface area (Å²) in [7, 11) is 0. The predicted octanol–water partition coefficient (Wildman–Crippen LogP) is 4.47. The molecule has 1 nitrogen and oxygen atoms in total. The van der Waals surface area contributed by atoms with E-state index in [0.29, 0.717) is 11.5 Å². The second-order valence-corrected chi connectivity index (χ2v) is 6.90. The van der Waals surface area contributed by atoms with Crippen LogP contribution in [0.25, 0.3) is 0 Å². The van der Waals surface area contributed by atoms with Crippen LogP contribution in [-0.4, -0.2) is 12.3 Å². The van der Waals surface area contributed by atoms with E-state index >= 15 is 0 Å². The average molecular weight is 263 g/mol. The van der Waals surface area contributed by atoms with E-state index in [1.807, 2.05) is 0 Å². The van der Waals surface area contributed by atoms with E-state index in [-0.39, 0.29) is 0 Å². The third-order valence-corrected chi connectivity index (χ3v) is 4.96. The van der Waals surface area contributed by atoms with Crippen molar-refractivity contribution in [2.75, 3.05) is 6.26 Å². The fourth-order valence-corrected chi connectivity index (χ4v) is 3.27. The molecule has 18 heavy (non-hydrogen) atoms. The van der Waals surface area contributed by atoms with Gasteiger partial charge in [0.1, 0.15) is 0 Å². The zero-order valence-electron chi connectivity index (χ0n) is 11.8. The Labute approximate surface area is 116 Å². The van der Waals surface area contributed by atoms with E-state index in [9.17, 15) is 0 Å². The molecule has 1 aliphatic rings. The van der Waals surface area contributed by atoms with E-state index in [2.05, 4.69) is 49.7 Å². The van der Waals surface area contributed by atoms with Crippen LogP contribution in [0, 0.1) is 5.41 Å². The molecule has 0 bridgehead atoms. The minimum atomic E-state index is 0.456. The summed E-state index contributed by atoms with van der Waals surface area (Å²) in [4.78, 5) is 1.34. The first-order valence-electron chi connectivity index (χ1n) is 6.98. The van der Waals surface area contributed by atoms with Crippen molar-refractivity contribution < 1.29 is 0 Å². The molecule has 0 aromatic heterocycles. The summed E-state index contributed by atoms with van der Waals surface area (Å²) < 4.78 is 0. The summed E-state index contributed by atoms with van der Waals surface area (Å²) in [6.07, 6.45) is 7.59. The molecule has 100 valence electrons. The maximum atomic E-state index is 3.76. The quantitative estimate of drug-likeness (QED) is 0.805. The van der Waals surface area contributed by atoms with Crippen molar-refractivity contribution in [3.05, 3.63) is 29.8 Å². The molecule has 1 unspecified atom stereocenters. The highest BCUT2D eigenvalue weighted by Crippen LogP contribution is 2.35. The molecular formula is C16H25NS. The number of benzene rings is 1. The Morgan fingerprint density at radius 2 is 1.94 bits per heavy atom. The van der Waals surface area contributed by atoms with Crippen molar-refractivity contribution in [3.8, 4) is 0 Å². The molecule has 1 aromatic rings. The van der Waals surface area contributed by atoms with Gasteiger partial charge >= 0.3 is 0 Å². The van der Waals surface area contributed by atoms with E-state index in [1.165, 1.54) is 36.1 Å². The molecule has 1 N–H and O–H groups in total. The third kappa shape index (κ3) is 3.52. The van der Waals surface area contributed by atoms with Gasteiger partial charge in [0.25, 0.3) is 0 Å². The minimum absolute atomic E-state index is 0.456. The lowest BCUT2D eigenvalue weighted by molar-refractivity contribution is 0.167. The molecule has 0 spiro atoms. The van der Waals surface area contributed by atoms with Gasteiger partial charge in [-0.25, -0.2) is 0 Å². The average Bonchev–Trinajstić information content (AvgIpc) is 2.38. The van der Waals surface area contributed by atoms with Gasteiger partial charge in [-0.1, -0.05) is 38.8 Å². The Morgan fingerprint density at radius 3 is 2.56 bits per heavy atom. The van der Waals surface area contributed by atoms with Gasteiger partial charge in [-0.2, -0.15) is 0 Å². The highest BCUT2D eigenvalue weighted by atomic mass is 32.2. The van der Waals surface area contributed by atoms with Crippen LogP contribution in [0.5, 0.6) is 0 Å².